The normalized spacial score (nSPS) is 21.0. The van der Waals surface area contributed by atoms with E-state index in [0.29, 0.717) is 11.8 Å². The summed E-state index contributed by atoms with van der Waals surface area (Å²) in [4.78, 5) is 2.59. The highest BCUT2D eigenvalue weighted by molar-refractivity contribution is 5.99. The third kappa shape index (κ3) is 6.41. The quantitative estimate of drug-likeness (QED) is 0.147. The molecule has 1 nitrogen and oxygen atoms in total. The van der Waals surface area contributed by atoms with Gasteiger partial charge in [-0.05, 0) is 181 Å². The maximum atomic E-state index is 2.66. The van der Waals surface area contributed by atoms with Gasteiger partial charge in [0, 0.05) is 27.8 Å². The average molecular weight is 950 g/mol. The van der Waals surface area contributed by atoms with E-state index in [1.165, 1.54) is 132 Å². The van der Waals surface area contributed by atoms with E-state index in [1.54, 1.807) is 11.1 Å². The molecule has 0 aliphatic heterocycles. The van der Waals surface area contributed by atoms with Gasteiger partial charge in [0.15, 0.2) is 0 Å². The number of hydrogen-bond donors (Lipinski definition) is 0. The summed E-state index contributed by atoms with van der Waals surface area (Å²) in [5.41, 5.74) is 27.4. The molecule has 4 fully saturated rings. The summed E-state index contributed by atoms with van der Waals surface area (Å²) in [6, 6.07) is 89.6. The number of benzene rings is 10. The highest BCUT2D eigenvalue weighted by atomic mass is 15.1. The molecule has 10 aromatic carbocycles. The van der Waals surface area contributed by atoms with Crippen LogP contribution in [-0.2, 0) is 10.8 Å². The van der Waals surface area contributed by atoms with Gasteiger partial charge in [-0.3, -0.25) is 0 Å². The van der Waals surface area contributed by atoms with Crippen molar-refractivity contribution in [2.24, 2.45) is 23.7 Å². The molecule has 4 saturated carbocycles. The van der Waals surface area contributed by atoms with Crippen LogP contribution in [0.3, 0.4) is 0 Å². The molecule has 0 radical (unpaired) electrons. The van der Waals surface area contributed by atoms with Crippen molar-refractivity contribution in [1.29, 1.82) is 0 Å². The van der Waals surface area contributed by atoms with Crippen LogP contribution < -0.4 is 4.90 Å². The lowest BCUT2D eigenvalue weighted by Gasteiger charge is -2.61. The van der Waals surface area contributed by atoms with Crippen LogP contribution in [0, 0.1) is 23.7 Å². The predicted octanol–water partition coefficient (Wildman–Crippen LogP) is 19.5. The number of fused-ring (bicyclic) bond motifs is 6. The van der Waals surface area contributed by atoms with Crippen molar-refractivity contribution in [3.05, 3.63) is 259 Å². The fourth-order valence-corrected chi connectivity index (χ4v) is 16.0. The largest absolute Gasteiger partial charge is 0.310 e. The molecule has 6 aliphatic carbocycles. The molecule has 6 aliphatic rings. The Labute approximate surface area is 436 Å². The smallest absolute Gasteiger partial charge is 0.0540 e. The Morgan fingerprint density at radius 2 is 0.730 bits per heavy atom. The maximum Gasteiger partial charge on any atom is 0.0540 e. The summed E-state index contributed by atoms with van der Waals surface area (Å²) < 4.78 is 0. The van der Waals surface area contributed by atoms with Crippen LogP contribution in [-0.4, -0.2) is 0 Å². The van der Waals surface area contributed by atoms with Gasteiger partial charge in [-0.1, -0.05) is 220 Å². The van der Waals surface area contributed by atoms with Gasteiger partial charge in [0.05, 0.1) is 5.69 Å². The molecule has 0 atom stereocenters. The van der Waals surface area contributed by atoms with Gasteiger partial charge in [-0.2, -0.15) is 0 Å². The van der Waals surface area contributed by atoms with Crippen molar-refractivity contribution >= 4 is 17.1 Å². The van der Waals surface area contributed by atoms with E-state index in [9.17, 15) is 0 Å². The molecule has 10 aromatic rings. The van der Waals surface area contributed by atoms with Crippen LogP contribution in [0.15, 0.2) is 237 Å². The third-order valence-corrected chi connectivity index (χ3v) is 18.7. The van der Waals surface area contributed by atoms with E-state index in [0.717, 1.165) is 17.5 Å². The molecule has 0 unspecified atom stereocenters. The Balaban J connectivity index is 0.910. The van der Waals surface area contributed by atoms with Crippen LogP contribution in [0.2, 0.25) is 0 Å². The standard InChI is InChI=1S/C73H59N/c1-72(2)67-32-15-12-28-62(67)66-31-18-30-65(71(66)72)58-24-9-7-22-56(58)50-35-37-53(38-36-50)74(54-39-40-63-61-27-13-16-33-68(61)73(69(63)46-54)51-42-47-41-48(44-51)45-52(73)43-47)70-34-17-14-29-64(70)60-26-11-10-25-59(60)57-23-8-6-21-55(57)49-19-4-3-5-20-49/h3-40,46-48,51-52H,41-45H2,1-2H3. The minimum atomic E-state index is -0.123. The Hall–Kier alpha value is -8.00. The van der Waals surface area contributed by atoms with E-state index in [2.05, 4.69) is 255 Å². The van der Waals surface area contributed by atoms with E-state index < -0.39 is 0 Å². The monoisotopic (exact) mass is 949 g/mol. The molecule has 0 saturated heterocycles. The Kier molecular flexibility index (Phi) is 9.87. The first kappa shape index (κ1) is 43.6. The minimum Gasteiger partial charge on any atom is -0.310 e. The SMILES string of the molecule is CC1(C)c2ccccc2-c2cccc(-c3ccccc3-c3ccc(N(c4ccc5c(c4)C4(c6ccccc6-5)C5CC6CC(C5)CC4C6)c4ccccc4-c4ccccc4-c4ccccc4-c4ccccc4)cc3)c21. The lowest BCUT2D eigenvalue weighted by Crippen LogP contribution is -2.55. The van der Waals surface area contributed by atoms with Crippen molar-refractivity contribution < 1.29 is 0 Å². The molecule has 0 aromatic heterocycles. The number of para-hydroxylation sites is 1. The molecule has 4 bridgehead atoms. The molecule has 1 heteroatoms. The van der Waals surface area contributed by atoms with Gasteiger partial charge in [-0.25, -0.2) is 0 Å². The number of nitrogens with zero attached hydrogens (tertiary/aromatic N) is 1. The Bertz CT molecular complexity index is 3810. The van der Waals surface area contributed by atoms with E-state index in [4.69, 9.17) is 0 Å². The fraction of sp³-hybridized carbons (Fsp3) is 0.178. The zero-order chi connectivity index (χ0) is 49.1. The molecule has 0 heterocycles. The van der Waals surface area contributed by atoms with Gasteiger partial charge in [0.25, 0.3) is 0 Å². The predicted molar refractivity (Wildman–Crippen MR) is 309 cm³/mol. The molecule has 0 N–H and O–H groups in total. The van der Waals surface area contributed by atoms with Crippen LogP contribution in [0.25, 0.3) is 77.9 Å². The van der Waals surface area contributed by atoms with E-state index >= 15 is 0 Å². The first-order chi connectivity index (χ1) is 36.4. The Morgan fingerprint density at radius 3 is 1.36 bits per heavy atom. The zero-order valence-corrected chi connectivity index (χ0v) is 42.3. The number of rotatable bonds is 8. The summed E-state index contributed by atoms with van der Waals surface area (Å²) in [5.74, 6) is 3.12. The summed E-state index contributed by atoms with van der Waals surface area (Å²) in [6.07, 6.45) is 6.88. The van der Waals surface area contributed by atoms with Crippen LogP contribution in [0.4, 0.5) is 17.1 Å². The average Bonchev–Trinajstić information content (AvgIpc) is 4.00. The topological polar surface area (TPSA) is 3.24 Å². The summed E-state index contributed by atoms with van der Waals surface area (Å²) >= 11 is 0. The lowest BCUT2D eigenvalue weighted by atomic mass is 9.43. The molecular weight excluding hydrogens is 891 g/mol. The van der Waals surface area contributed by atoms with Gasteiger partial charge in [-0.15, -0.1) is 0 Å². The van der Waals surface area contributed by atoms with Gasteiger partial charge < -0.3 is 4.90 Å². The molecule has 1 spiro atoms. The lowest BCUT2D eigenvalue weighted by molar-refractivity contribution is -0.0399. The van der Waals surface area contributed by atoms with Crippen molar-refractivity contribution in [2.45, 2.75) is 56.8 Å². The van der Waals surface area contributed by atoms with Gasteiger partial charge in [0.2, 0.25) is 0 Å². The first-order valence-corrected chi connectivity index (χ1v) is 27.3. The summed E-state index contributed by atoms with van der Waals surface area (Å²) in [5, 5.41) is 0. The summed E-state index contributed by atoms with van der Waals surface area (Å²) in [6.45, 7) is 4.79. The second kappa shape index (κ2) is 16.8. The van der Waals surface area contributed by atoms with Crippen LogP contribution in [0.1, 0.15) is 68.2 Å². The van der Waals surface area contributed by atoms with Crippen LogP contribution >= 0.6 is 0 Å². The minimum absolute atomic E-state index is 0.0510. The van der Waals surface area contributed by atoms with E-state index in [-0.39, 0.29) is 10.8 Å². The van der Waals surface area contributed by atoms with Crippen molar-refractivity contribution in [2.75, 3.05) is 4.90 Å². The highest BCUT2D eigenvalue weighted by Gasteiger charge is 2.61. The first-order valence-electron chi connectivity index (χ1n) is 27.3. The molecule has 16 rings (SSSR count). The molecule has 356 valence electrons. The fourth-order valence-electron chi connectivity index (χ4n) is 16.0. The Morgan fingerprint density at radius 1 is 0.311 bits per heavy atom. The van der Waals surface area contributed by atoms with Crippen molar-refractivity contribution in [3.63, 3.8) is 0 Å². The van der Waals surface area contributed by atoms with Crippen molar-refractivity contribution in [3.8, 4) is 77.9 Å². The maximum absolute atomic E-state index is 2.66. The van der Waals surface area contributed by atoms with E-state index in [1.807, 2.05) is 0 Å². The zero-order valence-electron chi connectivity index (χ0n) is 42.3. The summed E-state index contributed by atoms with van der Waals surface area (Å²) in [7, 11) is 0. The second-order valence-electron chi connectivity index (χ2n) is 22.7. The molecule has 74 heavy (non-hydrogen) atoms. The highest BCUT2D eigenvalue weighted by Crippen LogP contribution is 2.70. The number of hydrogen-bond acceptors (Lipinski definition) is 1. The van der Waals surface area contributed by atoms with Gasteiger partial charge >= 0.3 is 0 Å². The molecule has 0 amide bonds. The second-order valence-corrected chi connectivity index (χ2v) is 22.7. The number of anilines is 3. The van der Waals surface area contributed by atoms with Gasteiger partial charge in [0.1, 0.15) is 0 Å². The van der Waals surface area contributed by atoms with Crippen molar-refractivity contribution in [1.82, 2.24) is 0 Å². The van der Waals surface area contributed by atoms with Crippen LogP contribution in [0.5, 0.6) is 0 Å². The third-order valence-electron chi connectivity index (χ3n) is 18.7. The molecular formula is C73H59N.